The van der Waals surface area contributed by atoms with Gasteiger partial charge in [-0.1, -0.05) is 24.3 Å². The van der Waals surface area contributed by atoms with E-state index in [9.17, 15) is 19.8 Å². The lowest BCUT2D eigenvalue weighted by molar-refractivity contribution is -0.159. The third-order valence-electron chi connectivity index (χ3n) is 5.79. The van der Waals surface area contributed by atoms with Crippen molar-refractivity contribution in [2.24, 2.45) is 0 Å². The van der Waals surface area contributed by atoms with Crippen molar-refractivity contribution < 1.29 is 34.0 Å². The quantitative estimate of drug-likeness (QED) is 0.636. The van der Waals surface area contributed by atoms with Gasteiger partial charge in [0.15, 0.2) is 11.4 Å². The van der Waals surface area contributed by atoms with E-state index in [1.807, 2.05) is 6.07 Å². The lowest BCUT2D eigenvalue weighted by Gasteiger charge is -2.23. The highest BCUT2D eigenvalue weighted by molar-refractivity contribution is 6.01. The number of ketones is 1. The number of carboxylic acids is 1. The van der Waals surface area contributed by atoms with Crippen molar-refractivity contribution in [2.45, 2.75) is 43.8 Å². The topological polar surface area (TPSA) is 102 Å². The normalized spacial score (nSPS) is 21.0. The summed E-state index contributed by atoms with van der Waals surface area (Å²) in [5.41, 5.74) is 1.22. The molecule has 0 saturated carbocycles. The van der Waals surface area contributed by atoms with E-state index < -0.39 is 17.7 Å². The second-order valence-electron chi connectivity index (χ2n) is 8.06. The Bertz CT molecular complexity index is 962. The van der Waals surface area contributed by atoms with Crippen LogP contribution in [0.25, 0.3) is 0 Å². The monoisotopic (exact) mass is 426 g/mol. The van der Waals surface area contributed by atoms with Crippen LogP contribution in [0.5, 0.6) is 11.5 Å². The maximum absolute atomic E-state index is 11.8. The molecule has 2 atom stereocenters. The van der Waals surface area contributed by atoms with Gasteiger partial charge in [0.25, 0.3) is 0 Å². The molecule has 1 fully saturated rings. The molecule has 1 heterocycles. The van der Waals surface area contributed by atoms with Crippen molar-refractivity contribution in [1.82, 2.24) is 0 Å². The third kappa shape index (κ3) is 4.73. The van der Waals surface area contributed by atoms with Gasteiger partial charge in [0.2, 0.25) is 0 Å². The smallest absolute Gasteiger partial charge is 0.336 e. The van der Waals surface area contributed by atoms with Crippen LogP contribution in [0.4, 0.5) is 0 Å². The molecule has 2 aliphatic rings. The van der Waals surface area contributed by atoms with E-state index in [2.05, 4.69) is 0 Å². The summed E-state index contributed by atoms with van der Waals surface area (Å²) < 4.78 is 17.0. The number of rotatable bonds is 9. The van der Waals surface area contributed by atoms with Crippen LogP contribution >= 0.6 is 0 Å². The number of carbonyl (C=O) groups excluding carboxylic acids is 1. The average molecular weight is 426 g/mol. The summed E-state index contributed by atoms with van der Waals surface area (Å²) in [5, 5.41) is 19.8. The molecule has 31 heavy (non-hydrogen) atoms. The Kier molecular flexibility index (Phi) is 6.25. The number of benzene rings is 2. The number of ether oxygens (including phenoxy) is 3. The van der Waals surface area contributed by atoms with E-state index in [0.717, 1.165) is 17.5 Å². The van der Waals surface area contributed by atoms with Gasteiger partial charge in [-0.15, -0.1) is 0 Å². The fraction of sp³-hybridized carbons (Fsp3) is 0.417. The second-order valence-corrected chi connectivity index (χ2v) is 8.06. The molecular weight excluding hydrogens is 400 g/mol. The molecule has 0 amide bonds. The van der Waals surface area contributed by atoms with Gasteiger partial charge in [-0.25, -0.2) is 4.79 Å². The number of Topliss-reactive ketones (excluding diaryl/α,β-unsaturated/α-hetero) is 1. The van der Waals surface area contributed by atoms with E-state index in [0.29, 0.717) is 42.9 Å². The van der Waals surface area contributed by atoms with Crippen LogP contribution in [0, 0.1) is 0 Å². The molecule has 2 N–H and O–H groups in total. The number of hydrogen-bond acceptors (Lipinski definition) is 6. The van der Waals surface area contributed by atoms with Gasteiger partial charge in [-0.2, -0.15) is 0 Å². The van der Waals surface area contributed by atoms with Crippen molar-refractivity contribution in [1.29, 1.82) is 0 Å². The van der Waals surface area contributed by atoms with Crippen LogP contribution in [-0.4, -0.2) is 53.5 Å². The third-order valence-corrected chi connectivity index (χ3v) is 5.79. The molecule has 4 rings (SSSR count). The molecule has 0 spiro atoms. The Hall–Kier alpha value is -2.90. The predicted octanol–water partition coefficient (Wildman–Crippen LogP) is 2.81. The maximum atomic E-state index is 11.8. The van der Waals surface area contributed by atoms with Gasteiger partial charge in [0, 0.05) is 30.6 Å². The largest absolute Gasteiger partial charge is 0.491 e. The molecule has 1 unspecified atom stereocenters. The van der Waals surface area contributed by atoms with E-state index in [4.69, 9.17) is 14.2 Å². The van der Waals surface area contributed by atoms with E-state index >= 15 is 0 Å². The standard InChI is InChI=1S/C24H26O7/c25-17(15-30-22-7-2-6-19-20(22)8-9-21(19)26)14-29-18-5-1-4-16(12-18)13-24(23(27)28)10-3-11-31-24/h1-2,4-7,12,17,25H,3,8-11,13-15H2,(H,27,28)/t17-,24?/m1/s1. The molecule has 0 radical (unpaired) electrons. The zero-order chi connectivity index (χ0) is 21.8. The van der Waals surface area contributed by atoms with E-state index in [1.54, 1.807) is 36.4 Å². The van der Waals surface area contributed by atoms with Crippen molar-refractivity contribution in [2.75, 3.05) is 19.8 Å². The molecule has 7 nitrogen and oxygen atoms in total. The lowest BCUT2D eigenvalue weighted by Crippen LogP contribution is -2.40. The fourth-order valence-corrected chi connectivity index (χ4v) is 4.18. The molecule has 0 bridgehead atoms. The first-order valence-corrected chi connectivity index (χ1v) is 10.5. The maximum Gasteiger partial charge on any atom is 0.336 e. The van der Waals surface area contributed by atoms with Gasteiger partial charge in [0.05, 0.1) is 0 Å². The van der Waals surface area contributed by atoms with Crippen LogP contribution in [-0.2, 0) is 22.4 Å². The molecule has 164 valence electrons. The van der Waals surface area contributed by atoms with E-state index in [-0.39, 0.29) is 25.4 Å². The SMILES string of the molecule is O=C1CCc2c(OC[C@H](O)COc3cccc(CC4(C(=O)O)CCCO4)c3)cccc21. The van der Waals surface area contributed by atoms with Crippen LogP contribution in [0.15, 0.2) is 42.5 Å². The number of carboxylic acid groups (broad SMARTS) is 1. The van der Waals surface area contributed by atoms with Crippen molar-refractivity contribution in [3.63, 3.8) is 0 Å². The Morgan fingerprint density at radius 1 is 1.13 bits per heavy atom. The van der Waals surface area contributed by atoms with Gasteiger partial charge in [-0.3, -0.25) is 4.79 Å². The number of carbonyl (C=O) groups is 2. The molecule has 0 aromatic heterocycles. The lowest BCUT2D eigenvalue weighted by atomic mass is 9.91. The van der Waals surface area contributed by atoms with Gasteiger partial charge < -0.3 is 24.4 Å². The van der Waals surface area contributed by atoms with Gasteiger partial charge >= 0.3 is 5.97 Å². The van der Waals surface area contributed by atoms with Gasteiger partial charge in [-0.05, 0) is 43.0 Å². The van der Waals surface area contributed by atoms with E-state index in [1.165, 1.54) is 0 Å². The fourth-order valence-electron chi connectivity index (χ4n) is 4.18. The van der Waals surface area contributed by atoms with Crippen LogP contribution in [0.3, 0.4) is 0 Å². The Morgan fingerprint density at radius 3 is 2.71 bits per heavy atom. The minimum absolute atomic E-state index is 0.0258. The Morgan fingerprint density at radius 2 is 1.94 bits per heavy atom. The number of aliphatic carboxylic acids is 1. The molecule has 1 aliphatic carbocycles. The zero-order valence-corrected chi connectivity index (χ0v) is 17.2. The number of hydrogen-bond donors (Lipinski definition) is 2. The van der Waals surface area contributed by atoms with Crippen LogP contribution in [0.2, 0.25) is 0 Å². The van der Waals surface area contributed by atoms with Crippen molar-refractivity contribution in [3.8, 4) is 11.5 Å². The number of aliphatic hydroxyl groups excluding tert-OH is 1. The zero-order valence-electron chi connectivity index (χ0n) is 17.2. The van der Waals surface area contributed by atoms with Crippen LogP contribution < -0.4 is 9.47 Å². The summed E-state index contributed by atoms with van der Waals surface area (Å²) in [6.07, 6.45) is 1.77. The molecule has 1 aliphatic heterocycles. The summed E-state index contributed by atoms with van der Waals surface area (Å²) >= 11 is 0. The summed E-state index contributed by atoms with van der Waals surface area (Å²) in [5.74, 6) is 0.344. The molecular formula is C24H26O7. The highest BCUT2D eigenvalue weighted by Crippen LogP contribution is 2.32. The molecule has 2 aromatic carbocycles. The highest BCUT2D eigenvalue weighted by Gasteiger charge is 2.42. The summed E-state index contributed by atoms with van der Waals surface area (Å²) in [4.78, 5) is 23.5. The highest BCUT2D eigenvalue weighted by atomic mass is 16.5. The first-order valence-electron chi connectivity index (χ1n) is 10.5. The summed E-state index contributed by atoms with van der Waals surface area (Å²) in [7, 11) is 0. The van der Waals surface area contributed by atoms with Crippen molar-refractivity contribution >= 4 is 11.8 Å². The average Bonchev–Trinajstić information content (AvgIpc) is 3.39. The van der Waals surface area contributed by atoms with Gasteiger partial charge in [0.1, 0.15) is 30.8 Å². The predicted molar refractivity (Wildman–Crippen MR) is 112 cm³/mol. The molecule has 1 saturated heterocycles. The minimum Gasteiger partial charge on any atom is -0.491 e. The summed E-state index contributed by atoms with van der Waals surface area (Å²) in [6.45, 7) is 0.520. The first-order chi connectivity index (χ1) is 15.0. The van der Waals surface area contributed by atoms with Crippen molar-refractivity contribution in [3.05, 3.63) is 59.2 Å². The summed E-state index contributed by atoms with van der Waals surface area (Å²) in [6, 6.07) is 12.6. The molecule has 7 heteroatoms. The Labute approximate surface area is 180 Å². The molecule has 2 aromatic rings. The second kappa shape index (κ2) is 9.08. The Balaban J connectivity index is 1.31. The number of fused-ring (bicyclic) bond motifs is 1. The number of aliphatic hydroxyl groups is 1. The first kappa shape index (κ1) is 21.3. The van der Waals surface area contributed by atoms with Crippen LogP contribution in [0.1, 0.15) is 40.7 Å². The minimum atomic E-state index is -1.18.